The van der Waals surface area contributed by atoms with Gasteiger partial charge in [-0.1, -0.05) is 36.4 Å². The van der Waals surface area contributed by atoms with Crippen LogP contribution in [0.4, 0.5) is 9.18 Å². The predicted molar refractivity (Wildman–Crippen MR) is 97.0 cm³/mol. The molecule has 0 fully saturated rings. The maximum absolute atomic E-state index is 13.5. The molecule has 0 aliphatic heterocycles. The maximum Gasteiger partial charge on any atom is 0.333 e. The lowest BCUT2D eigenvalue weighted by Gasteiger charge is -2.09. The lowest BCUT2D eigenvalue weighted by molar-refractivity contribution is 0.0938. The Labute approximate surface area is 150 Å². The first-order valence-corrected chi connectivity index (χ1v) is 8.18. The number of halogens is 1. The second-order valence-corrected chi connectivity index (χ2v) is 5.85. The van der Waals surface area contributed by atoms with Gasteiger partial charge in [-0.2, -0.15) is 0 Å². The van der Waals surface area contributed by atoms with Crippen LogP contribution in [-0.2, 0) is 13.5 Å². The average molecular weight is 354 g/mol. The largest absolute Gasteiger partial charge is 0.350 e. The summed E-state index contributed by atoms with van der Waals surface area (Å²) >= 11 is 0. The zero-order valence-electron chi connectivity index (χ0n) is 14.3. The molecule has 6 nitrogen and oxygen atoms in total. The van der Waals surface area contributed by atoms with E-state index in [1.54, 1.807) is 24.4 Å². The second kappa shape index (κ2) is 7.69. The second-order valence-electron chi connectivity index (χ2n) is 5.85. The van der Waals surface area contributed by atoms with E-state index in [1.807, 2.05) is 35.9 Å². The molecule has 0 aliphatic carbocycles. The summed E-state index contributed by atoms with van der Waals surface area (Å²) in [6.45, 7) is 0.247. The smallest absolute Gasteiger partial charge is 0.333 e. The van der Waals surface area contributed by atoms with Crippen LogP contribution in [0.2, 0.25) is 0 Å². The van der Waals surface area contributed by atoms with Crippen LogP contribution in [0.1, 0.15) is 15.9 Å². The molecule has 26 heavy (non-hydrogen) atoms. The van der Waals surface area contributed by atoms with Crippen molar-refractivity contribution in [2.45, 2.75) is 6.42 Å². The van der Waals surface area contributed by atoms with E-state index >= 15 is 0 Å². The summed E-state index contributed by atoms with van der Waals surface area (Å²) in [4.78, 5) is 24.1. The fraction of sp³-hybridized carbons (Fsp3) is 0.158. The number of carbonyl (C=O) groups excluding carboxylic acids is 2. The number of hydrogen-bond acceptors (Lipinski definition) is 2. The van der Waals surface area contributed by atoms with E-state index in [4.69, 9.17) is 0 Å². The highest BCUT2D eigenvalue weighted by Gasteiger charge is 2.14. The first kappa shape index (κ1) is 17.5. The Morgan fingerprint density at radius 3 is 2.58 bits per heavy atom. The molecule has 134 valence electrons. The minimum atomic E-state index is -0.560. The molecule has 1 heterocycles. The van der Waals surface area contributed by atoms with Gasteiger partial charge in [0.25, 0.3) is 5.91 Å². The van der Waals surface area contributed by atoms with E-state index in [2.05, 4.69) is 16.2 Å². The summed E-state index contributed by atoms with van der Waals surface area (Å²) in [5.74, 6) is -0.718. The molecule has 0 atom stereocenters. The summed E-state index contributed by atoms with van der Waals surface area (Å²) in [6.07, 6.45) is 2.06. The number of hydrogen-bond donors (Lipinski definition) is 3. The third kappa shape index (κ3) is 3.83. The number of amides is 3. The Morgan fingerprint density at radius 1 is 1.04 bits per heavy atom. The van der Waals surface area contributed by atoms with Crippen molar-refractivity contribution >= 4 is 22.8 Å². The van der Waals surface area contributed by atoms with Crippen LogP contribution in [0.3, 0.4) is 0 Å². The number of aromatic nitrogens is 1. The van der Waals surface area contributed by atoms with Gasteiger partial charge in [0.2, 0.25) is 0 Å². The predicted octanol–water partition coefficient (Wildman–Crippen LogP) is 2.50. The molecule has 0 aliphatic rings. The highest BCUT2D eigenvalue weighted by molar-refractivity contribution is 6.07. The third-order valence-corrected chi connectivity index (χ3v) is 4.07. The molecule has 0 saturated carbocycles. The molecular weight excluding hydrogens is 335 g/mol. The Morgan fingerprint density at radius 2 is 1.77 bits per heavy atom. The van der Waals surface area contributed by atoms with Crippen molar-refractivity contribution in [2.75, 3.05) is 6.54 Å². The molecular formula is C19H19FN4O2. The number of nitrogens with zero attached hydrogens (tertiary/aromatic N) is 1. The number of fused-ring (bicyclic) bond motifs is 1. The molecule has 1 aromatic heterocycles. The van der Waals surface area contributed by atoms with Crippen LogP contribution in [0.25, 0.3) is 10.9 Å². The number of para-hydroxylation sites is 1. The number of aryl methyl sites for hydroxylation is 1. The van der Waals surface area contributed by atoms with E-state index in [-0.39, 0.29) is 12.4 Å². The fourth-order valence-corrected chi connectivity index (χ4v) is 2.76. The van der Waals surface area contributed by atoms with Crippen molar-refractivity contribution in [1.29, 1.82) is 0 Å². The van der Waals surface area contributed by atoms with Crippen molar-refractivity contribution < 1.29 is 14.0 Å². The van der Waals surface area contributed by atoms with Gasteiger partial charge >= 0.3 is 6.03 Å². The molecule has 3 N–H and O–H groups in total. The molecule has 0 unspecified atom stereocenters. The van der Waals surface area contributed by atoms with Gasteiger partial charge in [0.1, 0.15) is 5.82 Å². The average Bonchev–Trinajstić information content (AvgIpc) is 2.99. The summed E-state index contributed by atoms with van der Waals surface area (Å²) in [6, 6.07) is 13.3. The van der Waals surface area contributed by atoms with Crippen LogP contribution in [0.5, 0.6) is 0 Å². The summed E-state index contributed by atoms with van der Waals surface area (Å²) < 4.78 is 15.3. The van der Waals surface area contributed by atoms with Gasteiger partial charge in [-0.25, -0.2) is 14.6 Å². The van der Waals surface area contributed by atoms with Crippen LogP contribution in [0, 0.1) is 5.82 Å². The van der Waals surface area contributed by atoms with Gasteiger partial charge in [-0.3, -0.25) is 10.2 Å². The standard InChI is InChI=1S/C19H19FN4O2/c1-24-12-15(14-7-3-5-9-17(14)24)18(25)22-23-19(26)21-11-10-13-6-2-4-8-16(13)20/h2-9,12H,10-11H2,1H3,(H,22,25)(H2,21,23,26). The number of hydrazine groups is 1. The van der Waals surface area contributed by atoms with Crippen molar-refractivity contribution in [3.63, 3.8) is 0 Å². The highest BCUT2D eigenvalue weighted by atomic mass is 19.1. The normalized spacial score (nSPS) is 10.5. The monoisotopic (exact) mass is 354 g/mol. The van der Waals surface area contributed by atoms with Gasteiger partial charge in [0, 0.05) is 30.7 Å². The van der Waals surface area contributed by atoms with Gasteiger partial charge in [-0.05, 0) is 24.1 Å². The topological polar surface area (TPSA) is 75.2 Å². The molecule has 0 radical (unpaired) electrons. The maximum atomic E-state index is 13.5. The van der Waals surface area contributed by atoms with Gasteiger partial charge < -0.3 is 9.88 Å². The van der Waals surface area contributed by atoms with E-state index in [0.717, 1.165) is 10.9 Å². The Bertz CT molecular complexity index is 952. The van der Waals surface area contributed by atoms with Crippen molar-refractivity contribution in [3.05, 3.63) is 71.7 Å². The summed E-state index contributed by atoms with van der Waals surface area (Å²) in [5.41, 5.74) is 6.59. The molecule has 0 spiro atoms. The number of carbonyl (C=O) groups is 2. The quantitative estimate of drug-likeness (QED) is 0.630. The molecule has 3 aromatic rings. The minimum absolute atomic E-state index is 0.247. The molecule has 0 saturated heterocycles. The van der Waals surface area contributed by atoms with E-state index in [9.17, 15) is 14.0 Å². The number of benzene rings is 2. The van der Waals surface area contributed by atoms with Crippen LogP contribution >= 0.6 is 0 Å². The first-order valence-electron chi connectivity index (χ1n) is 8.18. The lowest BCUT2D eigenvalue weighted by Crippen LogP contribution is -2.47. The third-order valence-electron chi connectivity index (χ3n) is 4.07. The zero-order chi connectivity index (χ0) is 18.5. The van der Waals surface area contributed by atoms with E-state index < -0.39 is 11.9 Å². The van der Waals surface area contributed by atoms with Gasteiger partial charge in [-0.15, -0.1) is 0 Å². The van der Waals surface area contributed by atoms with Crippen molar-refractivity contribution in [3.8, 4) is 0 Å². The Kier molecular flexibility index (Phi) is 5.17. The molecule has 2 aromatic carbocycles. The van der Waals surface area contributed by atoms with Crippen LogP contribution in [-0.4, -0.2) is 23.1 Å². The van der Waals surface area contributed by atoms with Crippen LogP contribution in [0.15, 0.2) is 54.7 Å². The molecule has 7 heteroatoms. The number of rotatable bonds is 4. The Hall–Kier alpha value is -3.35. The highest BCUT2D eigenvalue weighted by Crippen LogP contribution is 2.19. The lowest BCUT2D eigenvalue weighted by atomic mass is 10.1. The summed E-state index contributed by atoms with van der Waals surface area (Å²) in [5, 5.41) is 3.37. The molecule has 3 amide bonds. The SMILES string of the molecule is Cn1cc(C(=O)NNC(=O)NCCc2ccccc2F)c2ccccc21. The zero-order valence-corrected chi connectivity index (χ0v) is 14.3. The van der Waals surface area contributed by atoms with Gasteiger partial charge in [0.15, 0.2) is 0 Å². The molecule has 0 bridgehead atoms. The first-order chi connectivity index (χ1) is 12.6. The minimum Gasteiger partial charge on any atom is -0.350 e. The van der Waals surface area contributed by atoms with E-state index in [1.165, 1.54) is 6.07 Å². The van der Waals surface area contributed by atoms with Crippen LogP contribution < -0.4 is 16.2 Å². The van der Waals surface area contributed by atoms with Crippen molar-refractivity contribution in [2.24, 2.45) is 7.05 Å². The molecule has 3 rings (SSSR count). The Balaban J connectivity index is 1.51. The van der Waals surface area contributed by atoms with E-state index in [0.29, 0.717) is 17.5 Å². The number of nitrogens with one attached hydrogen (secondary N) is 3. The fourth-order valence-electron chi connectivity index (χ4n) is 2.76. The van der Waals surface area contributed by atoms with Gasteiger partial charge in [0.05, 0.1) is 5.56 Å². The number of urea groups is 1. The van der Waals surface area contributed by atoms with Crippen molar-refractivity contribution in [1.82, 2.24) is 20.7 Å². The summed E-state index contributed by atoms with van der Waals surface area (Å²) in [7, 11) is 1.85.